The Labute approximate surface area is 146 Å². The third-order valence-corrected chi connectivity index (χ3v) is 4.00. The van der Waals surface area contributed by atoms with Crippen molar-refractivity contribution < 1.29 is 14.1 Å². The van der Waals surface area contributed by atoms with Gasteiger partial charge in [-0.2, -0.15) is 0 Å². The van der Waals surface area contributed by atoms with Crippen LogP contribution in [0.5, 0.6) is 5.75 Å². The molecule has 1 aromatic heterocycles. The van der Waals surface area contributed by atoms with E-state index in [1.165, 1.54) is 6.20 Å². The van der Waals surface area contributed by atoms with E-state index < -0.39 is 0 Å². The van der Waals surface area contributed by atoms with Crippen LogP contribution < -0.4 is 10.1 Å². The number of nitrogens with zero attached hydrogens (tertiary/aromatic N) is 1. The second-order valence-electron chi connectivity index (χ2n) is 5.75. The highest BCUT2D eigenvalue weighted by molar-refractivity contribution is 5.99. The van der Waals surface area contributed by atoms with Crippen molar-refractivity contribution in [2.24, 2.45) is 0 Å². The summed E-state index contributed by atoms with van der Waals surface area (Å²) < 4.78 is 10.6. The van der Waals surface area contributed by atoms with Gasteiger partial charge in [-0.05, 0) is 25.0 Å². The van der Waals surface area contributed by atoms with Crippen LogP contribution >= 0.6 is 0 Å². The summed E-state index contributed by atoms with van der Waals surface area (Å²) in [7, 11) is 1.64. The average molecular weight is 336 g/mol. The molecule has 3 aromatic rings. The minimum absolute atomic E-state index is 0.202. The number of para-hydroxylation sites is 1. The van der Waals surface area contributed by atoms with Crippen LogP contribution in [0.4, 0.5) is 0 Å². The minimum Gasteiger partial charge on any atom is -0.496 e. The Morgan fingerprint density at radius 1 is 1.16 bits per heavy atom. The van der Waals surface area contributed by atoms with Gasteiger partial charge in [0.15, 0.2) is 5.76 Å². The molecule has 128 valence electrons. The molecule has 3 rings (SSSR count). The smallest absolute Gasteiger partial charge is 0.256 e. The summed E-state index contributed by atoms with van der Waals surface area (Å²) in [6.45, 7) is 2.51. The maximum absolute atomic E-state index is 12.5. The summed E-state index contributed by atoms with van der Waals surface area (Å²) in [6, 6.07) is 15.6. The molecule has 25 heavy (non-hydrogen) atoms. The van der Waals surface area contributed by atoms with Crippen LogP contribution in [0, 0.1) is 6.92 Å². The van der Waals surface area contributed by atoms with Crippen LogP contribution in [0.1, 0.15) is 21.5 Å². The zero-order valence-electron chi connectivity index (χ0n) is 14.3. The number of methoxy groups -OCH3 is 1. The van der Waals surface area contributed by atoms with Gasteiger partial charge in [-0.3, -0.25) is 4.79 Å². The van der Waals surface area contributed by atoms with Gasteiger partial charge in [-0.1, -0.05) is 53.2 Å². The largest absolute Gasteiger partial charge is 0.496 e. The summed E-state index contributed by atoms with van der Waals surface area (Å²) in [6.07, 6.45) is 2.13. The number of benzene rings is 2. The van der Waals surface area contributed by atoms with Gasteiger partial charge >= 0.3 is 0 Å². The van der Waals surface area contributed by atoms with Crippen molar-refractivity contribution in [2.75, 3.05) is 13.7 Å². The van der Waals surface area contributed by atoms with Crippen LogP contribution in [-0.2, 0) is 6.42 Å². The molecule has 0 bridgehead atoms. The highest BCUT2D eigenvalue weighted by atomic mass is 16.5. The Kier molecular flexibility index (Phi) is 5.14. The summed E-state index contributed by atoms with van der Waals surface area (Å²) in [4.78, 5) is 12.5. The maximum atomic E-state index is 12.5. The molecule has 0 saturated carbocycles. The highest BCUT2D eigenvalue weighted by Crippen LogP contribution is 2.24. The first-order valence-electron chi connectivity index (χ1n) is 8.11. The second kappa shape index (κ2) is 7.66. The van der Waals surface area contributed by atoms with Crippen molar-refractivity contribution in [1.82, 2.24) is 10.5 Å². The molecule has 0 aliphatic heterocycles. The number of aryl methyl sites for hydroxylation is 1. The monoisotopic (exact) mass is 336 g/mol. The van der Waals surface area contributed by atoms with Gasteiger partial charge < -0.3 is 14.6 Å². The fraction of sp³-hybridized carbons (Fsp3) is 0.200. The standard InChI is InChI=1S/C20H20N2O3/c1-14-7-9-16(10-8-14)19-17(13-22-25-19)20(23)21-12-11-15-5-3-4-6-18(15)24-2/h3-10,13H,11-12H2,1-2H3,(H,21,23). The molecule has 0 radical (unpaired) electrons. The summed E-state index contributed by atoms with van der Waals surface area (Å²) >= 11 is 0. The number of hydrogen-bond donors (Lipinski definition) is 1. The number of hydrogen-bond acceptors (Lipinski definition) is 4. The van der Waals surface area contributed by atoms with Gasteiger partial charge in [-0.15, -0.1) is 0 Å². The molecule has 0 saturated heterocycles. The minimum atomic E-state index is -0.202. The van der Waals surface area contributed by atoms with E-state index in [9.17, 15) is 4.79 Å². The molecule has 0 unspecified atom stereocenters. The fourth-order valence-corrected chi connectivity index (χ4v) is 2.63. The van der Waals surface area contributed by atoms with Crippen LogP contribution in [0.25, 0.3) is 11.3 Å². The predicted molar refractivity (Wildman–Crippen MR) is 95.7 cm³/mol. The van der Waals surface area contributed by atoms with Crippen molar-refractivity contribution in [2.45, 2.75) is 13.3 Å². The molecule has 1 amide bonds. The van der Waals surface area contributed by atoms with E-state index in [1.54, 1.807) is 7.11 Å². The van der Waals surface area contributed by atoms with Crippen molar-refractivity contribution in [3.05, 3.63) is 71.4 Å². The molecule has 0 atom stereocenters. The van der Waals surface area contributed by atoms with Crippen molar-refractivity contribution >= 4 is 5.91 Å². The number of nitrogens with one attached hydrogen (secondary N) is 1. The number of carbonyl (C=O) groups is 1. The molecular weight excluding hydrogens is 316 g/mol. The second-order valence-corrected chi connectivity index (χ2v) is 5.75. The number of ether oxygens (including phenoxy) is 1. The van der Waals surface area contributed by atoms with Gasteiger partial charge in [0.05, 0.1) is 13.3 Å². The van der Waals surface area contributed by atoms with E-state index in [4.69, 9.17) is 9.26 Å². The molecule has 0 aliphatic rings. The Bertz CT molecular complexity index is 853. The maximum Gasteiger partial charge on any atom is 0.256 e. The third kappa shape index (κ3) is 3.88. The molecule has 1 heterocycles. The van der Waals surface area contributed by atoms with E-state index in [-0.39, 0.29) is 5.91 Å². The zero-order chi connectivity index (χ0) is 17.6. The number of aromatic nitrogens is 1. The van der Waals surface area contributed by atoms with Crippen LogP contribution in [-0.4, -0.2) is 24.7 Å². The lowest BCUT2D eigenvalue weighted by Gasteiger charge is -2.09. The third-order valence-electron chi connectivity index (χ3n) is 4.00. The van der Waals surface area contributed by atoms with Gasteiger partial charge in [0.1, 0.15) is 11.3 Å². The van der Waals surface area contributed by atoms with Crippen molar-refractivity contribution in [3.63, 3.8) is 0 Å². The highest BCUT2D eigenvalue weighted by Gasteiger charge is 2.17. The number of rotatable bonds is 6. The Hall–Kier alpha value is -3.08. The molecular formula is C20H20N2O3. The molecule has 0 aliphatic carbocycles. The van der Waals surface area contributed by atoms with Gasteiger partial charge in [0.2, 0.25) is 0 Å². The number of carbonyl (C=O) groups excluding carboxylic acids is 1. The zero-order valence-corrected chi connectivity index (χ0v) is 14.3. The molecule has 5 heteroatoms. The van der Waals surface area contributed by atoms with Gasteiger partial charge in [-0.25, -0.2) is 0 Å². The van der Waals surface area contributed by atoms with Crippen LogP contribution in [0.3, 0.4) is 0 Å². The predicted octanol–water partition coefficient (Wildman–Crippen LogP) is 3.63. The summed E-state index contributed by atoms with van der Waals surface area (Å²) in [5.41, 5.74) is 3.46. The van der Waals surface area contributed by atoms with E-state index in [0.717, 1.165) is 22.4 Å². The van der Waals surface area contributed by atoms with E-state index in [1.807, 2.05) is 55.5 Å². The first kappa shape index (κ1) is 16.8. The van der Waals surface area contributed by atoms with E-state index >= 15 is 0 Å². The molecule has 5 nitrogen and oxygen atoms in total. The average Bonchev–Trinajstić information content (AvgIpc) is 3.12. The first-order valence-corrected chi connectivity index (χ1v) is 8.11. The van der Waals surface area contributed by atoms with Crippen LogP contribution in [0.2, 0.25) is 0 Å². The SMILES string of the molecule is COc1ccccc1CCNC(=O)c1cnoc1-c1ccc(C)cc1. The lowest BCUT2D eigenvalue weighted by Crippen LogP contribution is -2.25. The summed E-state index contributed by atoms with van der Waals surface area (Å²) in [5, 5.41) is 6.69. The van der Waals surface area contributed by atoms with Gasteiger partial charge in [0, 0.05) is 12.1 Å². The fourth-order valence-electron chi connectivity index (χ4n) is 2.63. The lowest BCUT2D eigenvalue weighted by atomic mass is 10.1. The Morgan fingerprint density at radius 2 is 1.92 bits per heavy atom. The summed E-state index contributed by atoms with van der Waals surface area (Å²) in [5.74, 6) is 1.10. The topological polar surface area (TPSA) is 64.4 Å². The van der Waals surface area contributed by atoms with Crippen molar-refractivity contribution in [1.29, 1.82) is 0 Å². The van der Waals surface area contributed by atoms with Gasteiger partial charge in [0.25, 0.3) is 5.91 Å². The van der Waals surface area contributed by atoms with Crippen molar-refractivity contribution in [3.8, 4) is 17.1 Å². The Morgan fingerprint density at radius 3 is 2.68 bits per heavy atom. The quantitative estimate of drug-likeness (QED) is 0.746. The normalized spacial score (nSPS) is 10.5. The first-order chi connectivity index (χ1) is 12.2. The number of amides is 1. The lowest BCUT2D eigenvalue weighted by molar-refractivity contribution is 0.0954. The molecule has 1 N–H and O–H groups in total. The Balaban J connectivity index is 1.66. The van der Waals surface area contributed by atoms with E-state index in [2.05, 4.69) is 10.5 Å². The molecule has 0 fully saturated rings. The molecule has 2 aromatic carbocycles. The molecule has 0 spiro atoms. The van der Waals surface area contributed by atoms with Crippen LogP contribution in [0.15, 0.2) is 59.3 Å². The van der Waals surface area contributed by atoms with E-state index in [0.29, 0.717) is 24.3 Å².